The number of benzene rings is 4. The Balaban J connectivity index is 0.777. The number of fused-ring (bicyclic) bond motifs is 2. The molecule has 5 aliphatic rings. The molecule has 23 nitrogen and oxygen atoms in total. The van der Waals surface area contributed by atoms with Crippen LogP contribution in [0.15, 0.2) is 108 Å². The number of imidazole rings is 1. The van der Waals surface area contributed by atoms with Crippen LogP contribution in [-0.4, -0.2) is 123 Å². The number of H-pyrrole nitrogens is 1. The van der Waals surface area contributed by atoms with Gasteiger partial charge in [0.05, 0.1) is 17.1 Å². The second-order valence-corrected chi connectivity index (χ2v) is 25.0. The van der Waals surface area contributed by atoms with Crippen LogP contribution in [0.3, 0.4) is 0 Å². The van der Waals surface area contributed by atoms with Gasteiger partial charge in [-0.25, -0.2) is 4.79 Å². The van der Waals surface area contributed by atoms with E-state index in [1.807, 2.05) is 78.9 Å². The Labute approximate surface area is 487 Å². The average Bonchev–Trinajstić information content (AvgIpc) is 1.56. The van der Waals surface area contributed by atoms with Crippen LogP contribution >= 0.6 is 7.60 Å². The number of nitrogens with zero attached hydrogens (tertiary/aromatic N) is 4. The first kappa shape index (κ1) is 58.3. The quantitative estimate of drug-likeness (QED) is 0.0302. The zero-order chi connectivity index (χ0) is 60.1. The van der Waals surface area contributed by atoms with E-state index < -0.39 is 84.3 Å². The summed E-state index contributed by atoms with van der Waals surface area (Å²) in [6.45, 7) is 0.0103. The van der Waals surface area contributed by atoms with E-state index in [0.29, 0.717) is 41.7 Å². The minimum atomic E-state index is -5.13. The lowest BCUT2D eigenvalue weighted by atomic mass is 9.69. The van der Waals surface area contributed by atoms with Crippen molar-refractivity contribution in [2.24, 2.45) is 24.6 Å². The first-order valence-electron chi connectivity index (χ1n) is 28.9. The fourth-order valence-corrected chi connectivity index (χ4v) is 13.8. The molecule has 0 radical (unpaired) electrons. The fraction of sp³-hybridized carbons (Fsp3) is 0.410. The summed E-state index contributed by atoms with van der Waals surface area (Å²) in [7, 11) is -3.45. The number of hydrogen-bond donors (Lipinski definition) is 8. The largest absolute Gasteiger partial charge is 0.396 e. The summed E-state index contributed by atoms with van der Waals surface area (Å²) in [6.07, 6.45) is 5.32. The monoisotopic (exact) mass is 1180 g/mol. The molecule has 2 aliphatic carbocycles. The number of amides is 8. The SMILES string of the molecule is Cn1c(=O)n(C2CCC(=O)NC2=O)c2ccc(C3CC(CCCCC(=O)N4CC5CC56CC[C@@H](C(=O)N[C@@H](CCC(N)=O)C(=O)NC(c5ccccc5)c5ccccc5)N6C(=O)[C@@H](NC(=O)c5cc6cc(C(=O)P(=O)(O)O)ccc6[nH]5)C4)C3)cc21. The number of unbranched alkanes of at least 4 members (excludes halogenated alkanes) is 1. The number of imide groups is 1. The van der Waals surface area contributed by atoms with Gasteiger partial charge in [0.25, 0.3) is 11.4 Å². The number of primary amides is 1. The summed E-state index contributed by atoms with van der Waals surface area (Å²) in [4.78, 5) is 161. The molecule has 6 aromatic rings. The van der Waals surface area contributed by atoms with E-state index in [4.69, 9.17) is 5.73 Å². The summed E-state index contributed by atoms with van der Waals surface area (Å²) < 4.78 is 14.8. The molecule has 2 aromatic heterocycles. The molecule has 444 valence electrons. The van der Waals surface area contributed by atoms with Gasteiger partial charge < -0.3 is 46.3 Å². The van der Waals surface area contributed by atoms with Crippen molar-refractivity contribution in [1.82, 2.24) is 45.2 Å². The molecule has 9 N–H and O–H groups in total. The smallest absolute Gasteiger partial charge is 0.370 e. The lowest BCUT2D eigenvalue weighted by molar-refractivity contribution is -0.146. The van der Waals surface area contributed by atoms with Crippen LogP contribution in [0.4, 0.5) is 0 Å². The van der Waals surface area contributed by atoms with Crippen molar-refractivity contribution in [2.75, 3.05) is 13.1 Å². The summed E-state index contributed by atoms with van der Waals surface area (Å²) >= 11 is 0. The summed E-state index contributed by atoms with van der Waals surface area (Å²) in [5, 5.41) is 11.4. The van der Waals surface area contributed by atoms with Gasteiger partial charge in [0.2, 0.25) is 41.4 Å². The van der Waals surface area contributed by atoms with Crippen LogP contribution in [0.2, 0.25) is 0 Å². The molecule has 3 aliphatic heterocycles. The zero-order valence-corrected chi connectivity index (χ0v) is 47.6. The van der Waals surface area contributed by atoms with Gasteiger partial charge in [-0.15, -0.1) is 0 Å². The Bertz CT molecular complexity index is 3750. The average molecular weight is 1180 g/mol. The molecule has 3 unspecified atom stereocenters. The third-order valence-electron chi connectivity index (χ3n) is 18.0. The van der Waals surface area contributed by atoms with E-state index in [2.05, 4.69) is 26.3 Å². The molecular formula is C61H67N10O13P. The van der Waals surface area contributed by atoms with Crippen LogP contribution in [0.1, 0.15) is 139 Å². The molecule has 5 heterocycles. The molecule has 2 saturated carbocycles. The van der Waals surface area contributed by atoms with E-state index in [9.17, 15) is 57.5 Å². The second-order valence-electron chi connectivity index (χ2n) is 23.5. The molecule has 4 aromatic carbocycles. The van der Waals surface area contributed by atoms with Gasteiger partial charge in [0.1, 0.15) is 29.9 Å². The van der Waals surface area contributed by atoms with Gasteiger partial charge in [-0.05, 0) is 116 Å². The van der Waals surface area contributed by atoms with Crippen molar-refractivity contribution >= 4 is 82.3 Å². The highest BCUT2D eigenvalue weighted by molar-refractivity contribution is 7.70. The van der Waals surface area contributed by atoms with E-state index in [0.717, 1.165) is 42.4 Å². The molecule has 3 saturated heterocycles. The van der Waals surface area contributed by atoms with Crippen LogP contribution in [0.5, 0.6) is 0 Å². The van der Waals surface area contributed by atoms with Crippen molar-refractivity contribution in [1.29, 1.82) is 0 Å². The van der Waals surface area contributed by atoms with Crippen molar-refractivity contribution in [3.05, 3.63) is 142 Å². The van der Waals surface area contributed by atoms with Crippen molar-refractivity contribution in [3.63, 3.8) is 0 Å². The minimum absolute atomic E-state index is 0.0564. The van der Waals surface area contributed by atoms with Crippen molar-refractivity contribution in [3.8, 4) is 0 Å². The molecule has 5 fully saturated rings. The highest BCUT2D eigenvalue weighted by atomic mass is 31.2. The molecule has 8 amide bonds. The Morgan fingerprint density at radius 3 is 2.22 bits per heavy atom. The van der Waals surface area contributed by atoms with Gasteiger partial charge >= 0.3 is 13.3 Å². The molecule has 6 atom stereocenters. The normalized spacial score (nSPS) is 23.3. The number of aromatic amines is 1. The van der Waals surface area contributed by atoms with Gasteiger partial charge in [-0.1, -0.05) is 79.6 Å². The number of rotatable bonds is 20. The molecule has 1 spiro atoms. The molecule has 0 bridgehead atoms. The van der Waals surface area contributed by atoms with E-state index >= 15 is 4.79 Å². The standard InChI is InChI=1S/C61H67N10O13P/c1-68-49-30-37(17-20-46(49)70(60(68)81)47-21-23-51(73)66-56(47)77)39-26-34(27-39)10-8-9-15-52(74)69-32-41-31-61(41)25-24-48(57(78)64-43(19-22-50(62)72)54(75)67-53(35-11-4-2-5-12-35)36-13-6-3-7-14-36)71(61)58(79)45(33-69)65-55(76)44-29-40-28-38(16-18-42(40)63-44)59(80)85(82,83)84/h2-7,11-14,16-18,20,28-30,34,39,41,43,45,47-48,53,63H,8-10,15,19,21-27,31-33H2,1H3,(H2,62,72)(H,64,78)(H,65,76)(H,67,75)(H,66,73,77)(H2,82,83,84)/t34?,39?,41?,43-,45-,47?,48-,61?/m0/s1. The Hall–Kier alpha value is -8.53. The maximum absolute atomic E-state index is 15.3. The zero-order valence-electron chi connectivity index (χ0n) is 46.7. The minimum Gasteiger partial charge on any atom is -0.370 e. The van der Waals surface area contributed by atoms with Gasteiger partial charge in [-0.2, -0.15) is 0 Å². The lowest BCUT2D eigenvalue weighted by Crippen LogP contribution is -2.62. The first-order chi connectivity index (χ1) is 40.7. The Morgan fingerprint density at radius 2 is 1.54 bits per heavy atom. The van der Waals surface area contributed by atoms with Crippen molar-refractivity contribution < 1.29 is 57.5 Å². The summed E-state index contributed by atoms with van der Waals surface area (Å²) in [6, 6.07) is 24.5. The highest BCUT2D eigenvalue weighted by Crippen LogP contribution is 2.58. The van der Waals surface area contributed by atoms with E-state index in [1.165, 1.54) is 38.3 Å². The number of aromatic nitrogens is 3. The number of nitrogens with one attached hydrogen (secondary N) is 5. The third-order valence-corrected chi connectivity index (χ3v) is 18.8. The van der Waals surface area contributed by atoms with Crippen molar-refractivity contribution in [2.45, 2.75) is 125 Å². The number of carbonyl (C=O) groups is 9. The molecule has 24 heteroatoms. The number of piperidine rings is 1. The van der Waals surface area contributed by atoms with Gasteiger partial charge in [0.15, 0.2) is 0 Å². The fourth-order valence-electron chi connectivity index (χ4n) is 13.4. The Morgan fingerprint density at radius 1 is 0.824 bits per heavy atom. The number of aryl methyl sites for hydroxylation is 1. The number of carbonyl (C=O) groups excluding carboxylic acids is 9. The Kier molecular flexibility index (Phi) is 16.1. The van der Waals surface area contributed by atoms with Crippen LogP contribution in [-0.2, 0) is 45.2 Å². The summed E-state index contributed by atoms with van der Waals surface area (Å²) in [5.74, 6) is -3.87. The molecular weight excluding hydrogens is 1110 g/mol. The third kappa shape index (κ3) is 11.8. The van der Waals surface area contributed by atoms with Crippen LogP contribution in [0, 0.1) is 11.8 Å². The maximum Gasteiger partial charge on any atom is 0.396 e. The summed E-state index contributed by atoms with van der Waals surface area (Å²) in [5.41, 5.74) is 6.99. The maximum atomic E-state index is 15.3. The lowest BCUT2D eigenvalue weighted by Gasteiger charge is -2.39. The predicted molar refractivity (Wildman–Crippen MR) is 309 cm³/mol. The van der Waals surface area contributed by atoms with Gasteiger partial charge in [0, 0.05) is 67.3 Å². The second kappa shape index (κ2) is 23.5. The first-order valence-corrected chi connectivity index (χ1v) is 30.5. The van der Waals surface area contributed by atoms with Crippen LogP contribution < -0.4 is 32.7 Å². The molecule has 11 rings (SSSR count). The van der Waals surface area contributed by atoms with Crippen LogP contribution in [0.25, 0.3) is 21.9 Å². The number of hydrogen-bond acceptors (Lipinski definition) is 11. The van der Waals surface area contributed by atoms with E-state index in [-0.39, 0.29) is 97.6 Å². The number of nitrogens with two attached hydrogens (primary N) is 1. The van der Waals surface area contributed by atoms with Gasteiger partial charge in [-0.3, -0.25) is 62.2 Å². The molecule has 85 heavy (non-hydrogen) atoms. The predicted octanol–water partition coefficient (Wildman–Crippen LogP) is 4.22. The topological polar surface area (TPSA) is 335 Å². The highest BCUT2D eigenvalue weighted by Gasteiger charge is 2.67. The van der Waals surface area contributed by atoms with E-state index in [1.54, 1.807) is 11.9 Å².